The predicted octanol–water partition coefficient (Wildman–Crippen LogP) is 1.06. The minimum Gasteiger partial charge on any atom is -0.479 e. The molecule has 0 spiro atoms. The number of nitrogens with one attached hydrogen (secondary N) is 1. The van der Waals surface area contributed by atoms with Crippen LogP contribution >= 0.6 is 0 Å². The van der Waals surface area contributed by atoms with E-state index in [9.17, 15) is 0 Å². The normalized spacial score (nSPS) is 9.93. The number of aryl methyl sites for hydroxylation is 1. The first-order valence-corrected chi connectivity index (χ1v) is 4.61. The van der Waals surface area contributed by atoms with Crippen molar-refractivity contribution in [3.63, 3.8) is 0 Å². The van der Waals surface area contributed by atoms with Crippen molar-refractivity contribution >= 4 is 11.5 Å². The fourth-order valence-corrected chi connectivity index (χ4v) is 1.17. The second-order valence-corrected chi connectivity index (χ2v) is 2.91. The fourth-order valence-electron chi connectivity index (χ4n) is 1.17. The maximum Gasteiger partial charge on any atom is 0.242 e. The summed E-state index contributed by atoms with van der Waals surface area (Å²) in [6.45, 7) is 2.07. The van der Waals surface area contributed by atoms with E-state index < -0.39 is 0 Å². The summed E-state index contributed by atoms with van der Waals surface area (Å²) in [6, 6.07) is 0. The molecule has 0 saturated heterocycles. The molecule has 1 heterocycles. The maximum absolute atomic E-state index is 5.76. The van der Waals surface area contributed by atoms with Crippen LogP contribution in [-0.4, -0.2) is 24.1 Å². The molecular formula is C9H16N4O. The SMILES string of the molecule is CCCc1nc(NC)c(N)c(OC)n1. The fraction of sp³-hybridized carbons (Fsp3) is 0.556. The van der Waals surface area contributed by atoms with Gasteiger partial charge in [-0.05, 0) is 6.42 Å². The molecule has 78 valence electrons. The molecule has 0 aromatic carbocycles. The van der Waals surface area contributed by atoms with Crippen LogP contribution in [0.3, 0.4) is 0 Å². The molecule has 0 atom stereocenters. The topological polar surface area (TPSA) is 73.1 Å². The molecule has 0 fully saturated rings. The Kier molecular flexibility index (Phi) is 3.50. The van der Waals surface area contributed by atoms with Crippen LogP contribution in [0.2, 0.25) is 0 Å². The number of anilines is 2. The van der Waals surface area contributed by atoms with E-state index in [4.69, 9.17) is 10.5 Å². The summed E-state index contributed by atoms with van der Waals surface area (Å²) in [4.78, 5) is 8.45. The van der Waals surface area contributed by atoms with Crippen LogP contribution < -0.4 is 15.8 Å². The average Bonchev–Trinajstić information content (AvgIpc) is 2.20. The quantitative estimate of drug-likeness (QED) is 0.753. The summed E-state index contributed by atoms with van der Waals surface area (Å²) in [7, 11) is 3.32. The van der Waals surface area contributed by atoms with Crippen LogP contribution in [0.15, 0.2) is 0 Å². The highest BCUT2D eigenvalue weighted by atomic mass is 16.5. The molecule has 5 nitrogen and oxygen atoms in total. The summed E-state index contributed by atoms with van der Waals surface area (Å²) in [5.41, 5.74) is 6.21. The van der Waals surface area contributed by atoms with Gasteiger partial charge in [0.05, 0.1) is 7.11 Å². The van der Waals surface area contributed by atoms with E-state index in [0.717, 1.165) is 18.7 Å². The number of methoxy groups -OCH3 is 1. The minimum atomic E-state index is 0.438. The smallest absolute Gasteiger partial charge is 0.242 e. The molecule has 0 amide bonds. The van der Waals surface area contributed by atoms with Crippen molar-refractivity contribution in [2.75, 3.05) is 25.2 Å². The van der Waals surface area contributed by atoms with Gasteiger partial charge in [-0.25, -0.2) is 4.98 Å². The van der Waals surface area contributed by atoms with E-state index in [0.29, 0.717) is 17.4 Å². The lowest BCUT2D eigenvalue weighted by Crippen LogP contribution is -2.07. The van der Waals surface area contributed by atoms with Gasteiger partial charge in [0.1, 0.15) is 11.5 Å². The van der Waals surface area contributed by atoms with E-state index in [1.54, 1.807) is 14.2 Å². The van der Waals surface area contributed by atoms with Gasteiger partial charge in [0.2, 0.25) is 5.88 Å². The Labute approximate surface area is 83.7 Å². The zero-order chi connectivity index (χ0) is 10.6. The van der Waals surface area contributed by atoms with E-state index in [1.807, 2.05) is 0 Å². The molecule has 0 aliphatic rings. The highest BCUT2D eigenvalue weighted by molar-refractivity contribution is 5.66. The molecular weight excluding hydrogens is 180 g/mol. The summed E-state index contributed by atoms with van der Waals surface area (Å²) in [5, 5.41) is 2.91. The first kappa shape index (κ1) is 10.6. The van der Waals surface area contributed by atoms with E-state index >= 15 is 0 Å². The maximum atomic E-state index is 5.76. The molecule has 1 rings (SSSR count). The van der Waals surface area contributed by atoms with Gasteiger partial charge >= 0.3 is 0 Å². The van der Waals surface area contributed by atoms with Gasteiger partial charge in [0.25, 0.3) is 0 Å². The van der Waals surface area contributed by atoms with Gasteiger partial charge in [-0.1, -0.05) is 6.92 Å². The number of hydrogen-bond donors (Lipinski definition) is 2. The van der Waals surface area contributed by atoms with E-state index in [1.165, 1.54) is 0 Å². The zero-order valence-electron chi connectivity index (χ0n) is 8.79. The van der Waals surface area contributed by atoms with Crippen LogP contribution in [0.25, 0.3) is 0 Å². The first-order chi connectivity index (χ1) is 6.72. The molecule has 5 heteroatoms. The van der Waals surface area contributed by atoms with Crippen LogP contribution in [0.1, 0.15) is 19.2 Å². The Balaban J connectivity index is 3.11. The summed E-state index contributed by atoms with van der Waals surface area (Å²) in [6.07, 6.45) is 1.82. The largest absolute Gasteiger partial charge is 0.479 e. The van der Waals surface area contributed by atoms with Gasteiger partial charge in [-0.3, -0.25) is 0 Å². The van der Waals surface area contributed by atoms with Crippen molar-refractivity contribution in [2.45, 2.75) is 19.8 Å². The Hall–Kier alpha value is -1.52. The molecule has 0 radical (unpaired) electrons. The van der Waals surface area contributed by atoms with Crippen molar-refractivity contribution < 1.29 is 4.74 Å². The Morgan fingerprint density at radius 2 is 2.14 bits per heavy atom. The number of hydrogen-bond acceptors (Lipinski definition) is 5. The number of nitrogens with two attached hydrogens (primary N) is 1. The van der Waals surface area contributed by atoms with Gasteiger partial charge < -0.3 is 15.8 Å². The molecule has 3 N–H and O–H groups in total. The van der Waals surface area contributed by atoms with Crippen molar-refractivity contribution in [3.05, 3.63) is 5.82 Å². The second kappa shape index (κ2) is 4.64. The lowest BCUT2D eigenvalue weighted by atomic mass is 10.3. The molecule has 1 aromatic heterocycles. The minimum absolute atomic E-state index is 0.438. The predicted molar refractivity (Wildman–Crippen MR) is 56.5 cm³/mol. The number of rotatable bonds is 4. The summed E-state index contributed by atoms with van der Waals surface area (Å²) < 4.78 is 5.06. The number of nitrogen functional groups attached to an aromatic ring is 1. The monoisotopic (exact) mass is 196 g/mol. The van der Waals surface area contributed by atoms with Gasteiger partial charge in [-0.2, -0.15) is 4.98 Å². The molecule has 14 heavy (non-hydrogen) atoms. The molecule has 0 unspecified atom stereocenters. The van der Waals surface area contributed by atoms with Crippen LogP contribution in [0, 0.1) is 0 Å². The Morgan fingerprint density at radius 1 is 1.43 bits per heavy atom. The first-order valence-electron chi connectivity index (χ1n) is 4.61. The van der Waals surface area contributed by atoms with Crippen LogP contribution in [0.4, 0.5) is 11.5 Å². The Bertz CT molecular complexity index is 289. The van der Waals surface area contributed by atoms with Gasteiger partial charge in [-0.15, -0.1) is 0 Å². The summed E-state index contributed by atoms with van der Waals surface area (Å²) >= 11 is 0. The van der Waals surface area contributed by atoms with E-state index in [2.05, 4.69) is 22.2 Å². The lowest BCUT2D eigenvalue weighted by molar-refractivity contribution is 0.397. The summed E-state index contributed by atoms with van der Waals surface area (Å²) in [5.74, 6) is 1.82. The number of ether oxygens (including phenoxy) is 1. The molecule has 0 aliphatic heterocycles. The third-order valence-corrected chi connectivity index (χ3v) is 1.86. The van der Waals surface area contributed by atoms with Crippen molar-refractivity contribution in [3.8, 4) is 5.88 Å². The molecule has 0 bridgehead atoms. The zero-order valence-corrected chi connectivity index (χ0v) is 8.79. The molecule has 1 aromatic rings. The van der Waals surface area contributed by atoms with Crippen molar-refractivity contribution in [1.29, 1.82) is 0 Å². The highest BCUT2D eigenvalue weighted by Gasteiger charge is 2.10. The second-order valence-electron chi connectivity index (χ2n) is 2.91. The average molecular weight is 196 g/mol. The molecule has 0 saturated carbocycles. The lowest BCUT2D eigenvalue weighted by Gasteiger charge is -2.09. The van der Waals surface area contributed by atoms with Crippen LogP contribution in [0.5, 0.6) is 5.88 Å². The standard InChI is InChI=1S/C9H16N4O/c1-4-5-6-12-8(11-2)7(10)9(13-6)14-3/h4-5,10H2,1-3H3,(H,11,12,13). The van der Waals surface area contributed by atoms with Crippen LogP contribution in [-0.2, 0) is 6.42 Å². The van der Waals surface area contributed by atoms with Gasteiger partial charge in [0, 0.05) is 13.5 Å². The molecule has 0 aliphatic carbocycles. The van der Waals surface area contributed by atoms with E-state index in [-0.39, 0.29) is 0 Å². The highest BCUT2D eigenvalue weighted by Crippen LogP contribution is 2.25. The van der Waals surface area contributed by atoms with Crippen molar-refractivity contribution in [2.24, 2.45) is 0 Å². The Morgan fingerprint density at radius 3 is 2.64 bits per heavy atom. The third kappa shape index (κ3) is 2.04. The number of nitrogens with zero attached hydrogens (tertiary/aromatic N) is 2. The van der Waals surface area contributed by atoms with Crippen molar-refractivity contribution in [1.82, 2.24) is 9.97 Å². The third-order valence-electron chi connectivity index (χ3n) is 1.86. The van der Waals surface area contributed by atoms with Gasteiger partial charge in [0.15, 0.2) is 5.82 Å². The number of aromatic nitrogens is 2.